The number of ketones is 1. The van der Waals surface area contributed by atoms with Crippen molar-refractivity contribution in [3.8, 4) is 0 Å². The van der Waals surface area contributed by atoms with E-state index in [1.807, 2.05) is 12.1 Å². The maximum Gasteiger partial charge on any atom is 0.186 e. The first-order chi connectivity index (χ1) is 7.75. The molecule has 0 saturated carbocycles. The van der Waals surface area contributed by atoms with E-state index in [-0.39, 0.29) is 5.78 Å². The second-order valence-electron chi connectivity index (χ2n) is 3.22. The first-order valence-electron chi connectivity index (χ1n) is 4.77. The highest BCUT2D eigenvalue weighted by molar-refractivity contribution is 9.10. The zero-order valence-electron chi connectivity index (χ0n) is 8.39. The maximum absolute atomic E-state index is 11.7. The average molecular weight is 277 g/mol. The van der Waals surface area contributed by atoms with Crippen molar-refractivity contribution < 1.29 is 9.21 Å². The van der Waals surface area contributed by atoms with Crippen molar-refractivity contribution in [2.24, 2.45) is 0 Å². The van der Waals surface area contributed by atoms with Gasteiger partial charge in [-0.3, -0.25) is 4.79 Å². The average Bonchev–Trinajstić information content (AvgIpc) is 2.78. The summed E-state index contributed by atoms with van der Waals surface area (Å²) in [6, 6.07) is 10.9. The fraction of sp³-hybridized carbons (Fsp3) is 0. The molecule has 2 aromatic rings. The number of hydrogen-bond acceptors (Lipinski definition) is 2. The highest BCUT2D eigenvalue weighted by atomic mass is 79.9. The molecule has 2 nitrogen and oxygen atoms in total. The lowest BCUT2D eigenvalue weighted by Crippen LogP contribution is -1.93. The molecule has 0 N–H and O–H groups in total. The van der Waals surface area contributed by atoms with E-state index in [4.69, 9.17) is 4.42 Å². The summed E-state index contributed by atoms with van der Waals surface area (Å²) in [6.07, 6.45) is 4.73. The van der Waals surface area contributed by atoms with Crippen molar-refractivity contribution in [1.82, 2.24) is 0 Å². The van der Waals surface area contributed by atoms with Gasteiger partial charge in [-0.1, -0.05) is 28.1 Å². The molecule has 80 valence electrons. The Morgan fingerprint density at radius 1 is 1.25 bits per heavy atom. The molecule has 0 aliphatic rings. The van der Waals surface area contributed by atoms with Gasteiger partial charge in [-0.2, -0.15) is 0 Å². The first-order valence-corrected chi connectivity index (χ1v) is 5.56. The van der Waals surface area contributed by atoms with Crippen molar-refractivity contribution >= 4 is 27.8 Å². The molecule has 0 aliphatic heterocycles. The van der Waals surface area contributed by atoms with Gasteiger partial charge in [-0.25, -0.2) is 0 Å². The molecule has 0 bridgehead atoms. The van der Waals surface area contributed by atoms with Crippen molar-refractivity contribution in [1.29, 1.82) is 0 Å². The summed E-state index contributed by atoms with van der Waals surface area (Å²) < 4.78 is 5.99. The van der Waals surface area contributed by atoms with Crippen LogP contribution in [0, 0.1) is 0 Å². The Morgan fingerprint density at radius 3 is 2.81 bits per heavy atom. The molecule has 3 heteroatoms. The number of benzene rings is 1. The third-order valence-corrected chi connectivity index (χ3v) is 2.54. The van der Waals surface area contributed by atoms with E-state index in [0.717, 1.165) is 4.47 Å². The van der Waals surface area contributed by atoms with E-state index in [0.29, 0.717) is 11.3 Å². The largest absolute Gasteiger partial charge is 0.465 e. The topological polar surface area (TPSA) is 30.2 Å². The molecule has 0 atom stereocenters. The van der Waals surface area contributed by atoms with Crippen LogP contribution in [0.4, 0.5) is 0 Å². The predicted octanol–water partition coefficient (Wildman–Crippen LogP) is 3.94. The van der Waals surface area contributed by atoms with Gasteiger partial charge >= 0.3 is 0 Å². The molecule has 16 heavy (non-hydrogen) atoms. The van der Waals surface area contributed by atoms with Crippen LogP contribution in [0.25, 0.3) is 6.08 Å². The minimum absolute atomic E-state index is 0.0438. The molecule has 0 radical (unpaired) electrons. The van der Waals surface area contributed by atoms with Crippen LogP contribution in [-0.4, -0.2) is 5.78 Å². The van der Waals surface area contributed by atoms with Crippen LogP contribution in [0.5, 0.6) is 0 Å². The highest BCUT2D eigenvalue weighted by Gasteiger charge is 2.01. The lowest BCUT2D eigenvalue weighted by Gasteiger charge is -1.95. The summed E-state index contributed by atoms with van der Waals surface area (Å²) in [4.78, 5) is 11.7. The van der Waals surface area contributed by atoms with Crippen LogP contribution in [0.2, 0.25) is 0 Å². The van der Waals surface area contributed by atoms with E-state index < -0.39 is 0 Å². The predicted molar refractivity (Wildman–Crippen MR) is 66.2 cm³/mol. The smallest absolute Gasteiger partial charge is 0.186 e. The Labute approximate surface area is 102 Å². The van der Waals surface area contributed by atoms with Gasteiger partial charge in [0.25, 0.3) is 0 Å². The third kappa shape index (κ3) is 2.70. The van der Waals surface area contributed by atoms with Gasteiger partial charge in [0, 0.05) is 10.0 Å². The fourth-order valence-corrected chi connectivity index (χ4v) is 1.68. The van der Waals surface area contributed by atoms with Crippen molar-refractivity contribution in [2.45, 2.75) is 0 Å². The number of rotatable bonds is 3. The molecule has 0 saturated heterocycles. The maximum atomic E-state index is 11.7. The molecule has 0 aliphatic carbocycles. The summed E-state index contributed by atoms with van der Waals surface area (Å²) in [7, 11) is 0. The number of carbonyl (C=O) groups excluding carboxylic acids is 1. The molecular formula is C13H9BrO2. The number of furan rings is 1. The minimum atomic E-state index is -0.0438. The molecule has 1 aromatic carbocycles. The molecule has 1 heterocycles. The molecule has 0 fully saturated rings. The van der Waals surface area contributed by atoms with Gasteiger partial charge in [-0.05, 0) is 36.4 Å². The van der Waals surface area contributed by atoms with Crippen LogP contribution in [0.3, 0.4) is 0 Å². The summed E-state index contributed by atoms with van der Waals surface area (Å²) in [5.74, 6) is 0.626. The Bertz CT molecular complexity index is 512. The van der Waals surface area contributed by atoms with Crippen LogP contribution < -0.4 is 0 Å². The summed E-state index contributed by atoms with van der Waals surface area (Å²) in [6.45, 7) is 0. The van der Waals surface area contributed by atoms with Crippen LogP contribution in [0.1, 0.15) is 16.1 Å². The highest BCUT2D eigenvalue weighted by Crippen LogP contribution is 2.13. The Kier molecular flexibility index (Phi) is 3.37. The molecular weight excluding hydrogens is 268 g/mol. The number of halogens is 1. The van der Waals surface area contributed by atoms with E-state index in [1.165, 1.54) is 6.08 Å². The van der Waals surface area contributed by atoms with Gasteiger partial charge in [0.1, 0.15) is 5.76 Å². The molecule has 0 unspecified atom stereocenters. The van der Waals surface area contributed by atoms with Gasteiger partial charge in [0.05, 0.1) is 6.26 Å². The van der Waals surface area contributed by atoms with Gasteiger partial charge in [0.2, 0.25) is 0 Å². The summed E-state index contributed by atoms with van der Waals surface area (Å²) >= 11 is 3.33. The second kappa shape index (κ2) is 4.94. The van der Waals surface area contributed by atoms with Crippen LogP contribution >= 0.6 is 15.9 Å². The monoisotopic (exact) mass is 276 g/mol. The first kappa shape index (κ1) is 10.9. The quantitative estimate of drug-likeness (QED) is 0.628. The van der Waals surface area contributed by atoms with Crippen LogP contribution in [0.15, 0.2) is 57.6 Å². The zero-order chi connectivity index (χ0) is 11.4. The number of hydrogen-bond donors (Lipinski definition) is 0. The van der Waals surface area contributed by atoms with E-state index in [2.05, 4.69) is 15.9 Å². The third-order valence-electron chi connectivity index (χ3n) is 2.05. The lowest BCUT2D eigenvalue weighted by molar-refractivity contribution is 0.104. The Balaban J connectivity index is 2.15. The molecule has 2 rings (SSSR count). The van der Waals surface area contributed by atoms with Gasteiger partial charge in [-0.15, -0.1) is 0 Å². The van der Waals surface area contributed by atoms with Crippen LogP contribution in [-0.2, 0) is 0 Å². The second-order valence-corrected chi connectivity index (χ2v) is 4.14. The molecule has 1 aromatic heterocycles. The van der Waals surface area contributed by atoms with Crippen molar-refractivity contribution in [2.75, 3.05) is 0 Å². The summed E-state index contributed by atoms with van der Waals surface area (Å²) in [5, 5.41) is 0. The Hall–Kier alpha value is -1.61. The fourth-order valence-electron chi connectivity index (χ4n) is 1.28. The zero-order valence-corrected chi connectivity index (χ0v) is 9.98. The molecule has 0 amide bonds. The van der Waals surface area contributed by atoms with Gasteiger partial charge < -0.3 is 4.42 Å². The van der Waals surface area contributed by atoms with Gasteiger partial charge in [0.15, 0.2) is 5.78 Å². The normalized spacial score (nSPS) is 10.8. The number of allylic oxidation sites excluding steroid dienone is 1. The van der Waals surface area contributed by atoms with Crippen molar-refractivity contribution in [3.63, 3.8) is 0 Å². The minimum Gasteiger partial charge on any atom is -0.465 e. The lowest BCUT2D eigenvalue weighted by atomic mass is 10.1. The Morgan fingerprint density at radius 2 is 2.12 bits per heavy atom. The molecule has 0 spiro atoms. The van der Waals surface area contributed by atoms with E-state index >= 15 is 0 Å². The number of carbonyl (C=O) groups is 1. The van der Waals surface area contributed by atoms with E-state index in [1.54, 1.807) is 36.6 Å². The van der Waals surface area contributed by atoms with E-state index in [9.17, 15) is 4.79 Å². The standard InChI is InChI=1S/C13H9BrO2/c14-11-4-1-3-10(9-11)13(15)7-6-12-5-2-8-16-12/h1-9H. The van der Waals surface area contributed by atoms with Crippen molar-refractivity contribution in [3.05, 3.63) is 64.5 Å². The summed E-state index contributed by atoms with van der Waals surface area (Å²) in [5.41, 5.74) is 0.650. The SMILES string of the molecule is O=C(C=Cc1ccco1)c1cccc(Br)c1.